The van der Waals surface area contributed by atoms with Gasteiger partial charge in [-0.1, -0.05) is 29.8 Å². The number of carbonyl (C=O) groups excluding carboxylic acids is 2. The highest BCUT2D eigenvalue weighted by molar-refractivity contribution is 6.31. The number of rotatable bonds is 8. The summed E-state index contributed by atoms with van der Waals surface area (Å²) in [6, 6.07) is 7.50. The molecule has 0 atom stereocenters. The molecule has 0 radical (unpaired) electrons. The van der Waals surface area contributed by atoms with E-state index < -0.39 is 0 Å². The Hall–Kier alpha value is -2.34. The van der Waals surface area contributed by atoms with E-state index in [4.69, 9.17) is 16.3 Å². The van der Waals surface area contributed by atoms with Gasteiger partial charge >= 0.3 is 5.97 Å². The Kier molecular flexibility index (Phi) is 6.81. The van der Waals surface area contributed by atoms with E-state index in [0.717, 1.165) is 5.56 Å². The molecular weight excluding hydrogens is 330 g/mol. The number of esters is 1. The summed E-state index contributed by atoms with van der Waals surface area (Å²) in [4.78, 5) is 23.2. The summed E-state index contributed by atoms with van der Waals surface area (Å²) < 4.78 is 6.49. The van der Waals surface area contributed by atoms with Crippen LogP contribution in [0, 0.1) is 0 Å². The molecule has 24 heavy (non-hydrogen) atoms. The van der Waals surface area contributed by atoms with Crippen molar-refractivity contribution in [3.8, 4) is 0 Å². The molecule has 2 rings (SSSR count). The fourth-order valence-corrected chi connectivity index (χ4v) is 2.33. The highest BCUT2D eigenvalue weighted by Crippen LogP contribution is 2.16. The zero-order chi connectivity index (χ0) is 17.4. The Morgan fingerprint density at radius 1 is 1.33 bits per heavy atom. The Balaban J connectivity index is 1.81. The molecule has 0 fully saturated rings. The van der Waals surface area contributed by atoms with Crippen LogP contribution in [-0.2, 0) is 16.1 Å². The monoisotopic (exact) mass is 349 g/mol. The topological polar surface area (TPSA) is 73.2 Å². The number of amides is 1. The molecule has 0 aliphatic heterocycles. The largest absolute Gasteiger partial charge is 0.466 e. The van der Waals surface area contributed by atoms with Gasteiger partial charge in [-0.05, 0) is 25.0 Å². The zero-order valence-electron chi connectivity index (χ0n) is 13.5. The van der Waals surface area contributed by atoms with E-state index in [1.165, 1.54) is 6.20 Å². The van der Waals surface area contributed by atoms with Gasteiger partial charge < -0.3 is 10.1 Å². The first-order chi connectivity index (χ1) is 11.6. The molecule has 0 spiro atoms. The van der Waals surface area contributed by atoms with Crippen LogP contribution in [0.2, 0.25) is 5.02 Å². The lowest BCUT2D eigenvalue weighted by molar-refractivity contribution is -0.143. The lowest BCUT2D eigenvalue weighted by Gasteiger charge is -2.04. The number of hydrogen-bond donors (Lipinski definition) is 1. The summed E-state index contributed by atoms with van der Waals surface area (Å²) in [5.74, 6) is -0.469. The number of halogens is 1. The average Bonchev–Trinajstić information content (AvgIpc) is 3.02. The molecular formula is C17H20ClN3O3. The first-order valence-electron chi connectivity index (χ1n) is 7.80. The number of ether oxygens (including phenoxy) is 1. The van der Waals surface area contributed by atoms with Crippen molar-refractivity contribution < 1.29 is 14.3 Å². The SMILES string of the molecule is CCOC(=O)CCCNC(=O)c1cnn(Cc2ccccc2Cl)c1. The maximum atomic E-state index is 12.0. The maximum Gasteiger partial charge on any atom is 0.305 e. The van der Waals surface area contributed by atoms with E-state index in [9.17, 15) is 9.59 Å². The van der Waals surface area contributed by atoms with Gasteiger partial charge in [-0.2, -0.15) is 5.10 Å². The molecule has 1 N–H and O–H groups in total. The van der Waals surface area contributed by atoms with E-state index in [1.807, 2.05) is 24.3 Å². The van der Waals surface area contributed by atoms with Gasteiger partial charge in [0.25, 0.3) is 5.91 Å². The summed E-state index contributed by atoms with van der Waals surface area (Å²) in [6.45, 7) is 3.04. The van der Waals surface area contributed by atoms with Gasteiger partial charge in [-0.15, -0.1) is 0 Å². The minimum absolute atomic E-state index is 0.218. The van der Waals surface area contributed by atoms with Crippen molar-refractivity contribution in [3.05, 3.63) is 52.8 Å². The number of hydrogen-bond acceptors (Lipinski definition) is 4. The molecule has 6 nitrogen and oxygen atoms in total. The van der Waals surface area contributed by atoms with Crippen LogP contribution in [0.1, 0.15) is 35.7 Å². The minimum Gasteiger partial charge on any atom is -0.466 e. The second-order valence-corrected chi connectivity index (χ2v) is 5.59. The van der Waals surface area contributed by atoms with Crippen LogP contribution in [-0.4, -0.2) is 34.8 Å². The third-order valence-corrected chi connectivity index (χ3v) is 3.70. The van der Waals surface area contributed by atoms with Crippen LogP contribution in [0.3, 0.4) is 0 Å². The summed E-state index contributed by atoms with van der Waals surface area (Å²) in [5.41, 5.74) is 1.40. The highest BCUT2D eigenvalue weighted by Gasteiger charge is 2.09. The molecule has 0 bridgehead atoms. The molecule has 0 saturated heterocycles. The van der Waals surface area contributed by atoms with Crippen LogP contribution in [0.4, 0.5) is 0 Å². The molecule has 1 aromatic heterocycles. The minimum atomic E-state index is -0.251. The van der Waals surface area contributed by atoms with E-state index in [2.05, 4.69) is 10.4 Å². The Morgan fingerprint density at radius 3 is 2.88 bits per heavy atom. The molecule has 1 heterocycles. The molecule has 128 valence electrons. The molecule has 0 aliphatic carbocycles. The second kappa shape index (κ2) is 9.08. The summed E-state index contributed by atoms with van der Waals surface area (Å²) in [7, 11) is 0. The van der Waals surface area contributed by atoms with Crippen molar-refractivity contribution >= 4 is 23.5 Å². The van der Waals surface area contributed by atoms with E-state index in [0.29, 0.717) is 43.1 Å². The number of benzene rings is 1. The van der Waals surface area contributed by atoms with Crippen LogP contribution in [0.15, 0.2) is 36.7 Å². The predicted octanol–water partition coefficient (Wildman–Crippen LogP) is 2.66. The smallest absolute Gasteiger partial charge is 0.305 e. The van der Waals surface area contributed by atoms with Crippen molar-refractivity contribution in [2.24, 2.45) is 0 Å². The van der Waals surface area contributed by atoms with Crippen LogP contribution in [0.25, 0.3) is 0 Å². The fraction of sp³-hybridized carbons (Fsp3) is 0.353. The van der Waals surface area contributed by atoms with E-state index in [1.54, 1.807) is 17.8 Å². The van der Waals surface area contributed by atoms with Gasteiger partial charge in [0.2, 0.25) is 0 Å². The van der Waals surface area contributed by atoms with E-state index in [-0.39, 0.29) is 11.9 Å². The Morgan fingerprint density at radius 2 is 2.12 bits per heavy atom. The molecule has 2 aromatic rings. The third-order valence-electron chi connectivity index (χ3n) is 3.33. The van der Waals surface area contributed by atoms with Gasteiger partial charge in [0.05, 0.1) is 24.9 Å². The van der Waals surface area contributed by atoms with E-state index >= 15 is 0 Å². The van der Waals surface area contributed by atoms with Crippen LogP contribution < -0.4 is 5.32 Å². The summed E-state index contributed by atoms with van der Waals surface area (Å²) in [6.07, 6.45) is 4.01. The molecule has 1 aromatic carbocycles. The van der Waals surface area contributed by atoms with Crippen molar-refractivity contribution in [1.82, 2.24) is 15.1 Å². The summed E-state index contributed by atoms with van der Waals surface area (Å²) in [5, 5.41) is 7.60. The normalized spacial score (nSPS) is 10.4. The molecule has 1 amide bonds. The quantitative estimate of drug-likeness (QED) is 0.587. The third kappa shape index (κ3) is 5.38. The lowest BCUT2D eigenvalue weighted by atomic mass is 10.2. The molecule has 0 saturated carbocycles. The molecule has 0 unspecified atom stereocenters. The Labute approximate surface area is 145 Å². The van der Waals surface area contributed by atoms with Gasteiger partial charge in [0.1, 0.15) is 0 Å². The number of aromatic nitrogens is 2. The highest BCUT2D eigenvalue weighted by atomic mass is 35.5. The first-order valence-corrected chi connectivity index (χ1v) is 8.17. The number of nitrogens with one attached hydrogen (secondary N) is 1. The molecule has 0 aliphatic rings. The van der Waals surface area contributed by atoms with Crippen LogP contribution >= 0.6 is 11.6 Å². The van der Waals surface area contributed by atoms with Gasteiger partial charge in [-0.25, -0.2) is 0 Å². The van der Waals surface area contributed by atoms with Gasteiger partial charge in [0.15, 0.2) is 0 Å². The van der Waals surface area contributed by atoms with Gasteiger partial charge in [0, 0.05) is 24.2 Å². The van der Waals surface area contributed by atoms with Crippen molar-refractivity contribution in [1.29, 1.82) is 0 Å². The zero-order valence-corrected chi connectivity index (χ0v) is 14.3. The fourth-order valence-electron chi connectivity index (χ4n) is 2.14. The second-order valence-electron chi connectivity index (χ2n) is 5.18. The standard InChI is InChI=1S/C17H20ClN3O3/c1-2-24-16(22)8-5-9-19-17(23)14-10-20-21(12-14)11-13-6-3-4-7-15(13)18/h3-4,6-7,10,12H,2,5,8-9,11H2,1H3,(H,19,23). The Bertz CT molecular complexity index is 700. The van der Waals surface area contributed by atoms with Crippen molar-refractivity contribution in [2.45, 2.75) is 26.3 Å². The summed E-state index contributed by atoms with van der Waals surface area (Å²) >= 11 is 6.12. The molecule has 7 heteroatoms. The van der Waals surface area contributed by atoms with Crippen molar-refractivity contribution in [2.75, 3.05) is 13.2 Å². The van der Waals surface area contributed by atoms with Crippen molar-refractivity contribution in [3.63, 3.8) is 0 Å². The lowest BCUT2D eigenvalue weighted by Crippen LogP contribution is -2.24. The number of nitrogens with zero attached hydrogens (tertiary/aromatic N) is 2. The first kappa shape index (κ1) is 18.0. The maximum absolute atomic E-state index is 12.0. The van der Waals surface area contributed by atoms with Gasteiger partial charge in [-0.3, -0.25) is 14.3 Å². The predicted molar refractivity (Wildman–Crippen MR) is 91.0 cm³/mol. The number of carbonyl (C=O) groups is 2. The van der Waals surface area contributed by atoms with Crippen LogP contribution in [0.5, 0.6) is 0 Å². The average molecular weight is 350 g/mol.